The van der Waals surface area contributed by atoms with Crippen molar-refractivity contribution in [2.75, 3.05) is 12.4 Å². The average molecular weight is 202 g/mol. The Kier molecular flexibility index (Phi) is 4.12. The van der Waals surface area contributed by atoms with Gasteiger partial charge in [0.15, 0.2) is 0 Å². The van der Waals surface area contributed by atoms with E-state index in [1.807, 2.05) is 24.3 Å². The van der Waals surface area contributed by atoms with E-state index in [0.29, 0.717) is 12.4 Å². The van der Waals surface area contributed by atoms with Gasteiger partial charge in [0.1, 0.15) is 0 Å². The van der Waals surface area contributed by atoms with Crippen LogP contribution in [0.4, 0.5) is 0 Å². The number of benzene rings is 1. The molecule has 0 saturated heterocycles. The van der Waals surface area contributed by atoms with E-state index in [0.717, 1.165) is 10.6 Å². The maximum absolute atomic E-state index is 5.71. The van der Waals surface area contributed by atoms with Crippen LogP contribution in [-0.2, 0) is 0 Å². The Morgan fingerprint density at radius 3 is 2.50 bits per heavy atom. The lowest BCUT2D eigenvalue weighted by Crippen LogP contribution is -1.84. The van der Waals surface area contributed by atoms with Crippen molar-refractivity contribution in [2.45, 2.75) is 0 Å². The summed E-state index contributed by atoms with van der Waals surface area (Å²) in [7, 11) is 0. The first-order valence-corrected chi connectivity index (χ1v) is 4.55. The van der Waals surface area contributed by atoms with Gasteiger partial charge in [0.05, 0.1) is 6.54 Å². The van der Waals surface area contributed by atoms with Gasteiger partial charge in [-0.3, -0.25) is 4.99 Å². The van der Waals surface area contributed by atoms with Crippen LogP contribution in [0.5, 0.6) is 0 Å². The molecule has 0 aromatic heterocycles. The van der Waals surface area contributed by atoms with E-state index in [2.05, 4.69) is 4.99 Å². The Morgan fingerprint density at radius 2 is 1.92 bits per heavy atom. The molecule has 3 heteroatoms. The van der Waals surface area contributed by atoms with E-state index >= 15 is 0 Å². The lowest BCUT2D eigenvalue weighted by Gasteiger charge is -1.92. The molecule has 0 bridgehead atoms. The number of hydrogen-bond donors (Lipinski definition) is 0. The topological polar surface area (TPSA) is 12.4 Å². The number of alkyl halides is 1. The van der Waals surface area contributed by atoms with E-state index in [-0.39, 0.29) is 0 Å². The molecule has 0 fully saturated rings. The Morgan fingerprint density at radius 1 is 1.25 bits per heavy atom. The van der Waals surface area contributed by atoms with Crippen molar-refractivity contribution in [3.8, 4) is 0 Å². The predicted molar refractivity (Wildman–Crippen MR) is 54.6 cm³/mol. The summed E-state index contributed by atoms with van der Waals surface area (Å²) >= 11 is 11.2. The van der Waals surface area contributed by atoms with Crippen LogP contribution in [0.2, 0.25) is 5.02 Å². The van der Waals surface area contributed by atoms with Crippen LogP contribution >= 0.6 is 23.2 Å². The second-order valence-electron chi connectivity index (χ2n) is 2.28. The first-order chi connectivity index (χ1) is 5.83. The molecule has 0 radical (unpaired) electrons. The van der Waals surface area contributed by atoms with Crippen LogP contribution in [0.1, 0.15) is 5.56 Å². The van der Waals surface area contributed by atoms with Crippen molar-refractivity contribution in [3.63, 3.8) is 0 Å². The molecule has 0 spiro atoms. The Hall–Kier alpha value is -0.530. The van der Waals surface area contributed by atoms with Crippen molar-refractivity contribution in [3.05, 3.63) is 34.9 Å². The van der Waals surface area contributed by atoms with E-state index < -0.39 is 0 Å². The summed E-state index contributed by atoms with van der Waals surface area (Å²) in [5, 5.41) is 0.740. The van der Waals surface area contributed by atoms with Crippen molar-refractivity contribution < 1.29 is 0 Å². The molecule has 0 N–H and O–H groups in total. The van der Waals surface area contributed by atoms with Crippen LogP contribution < -0.4 is 0 Å². The van der Waals surface area contributed by atoms with Crippen LogP contribution in [0.3, 0.4) is 0 Å². The largest absolute Gasteiger partial charge is 0.291 e. The quantitative estimate of drug-likeness (QED) is 0.527. The number of aliphatic imine (C=N–C) groups is 1. The smallest absolute Gasteiger partial charge is 0.0525 e. The molecule has 64 valence electrons. The fourth-order valence-corrected chi connectivity index (χ4v) is 0.991. The summed E-state index contributed by atoms with van der Waals surface area (Å²) in [4.78, 5) is 4.09. The van der Waals surface area contributed by atoms with Crippen molar-refractivity contribution in [1.29, 1.82) is 0 Å². The van der Waals surface area contributed by atoms with Crippen LogP contribution in [0, 0.1) is 0 Å². The average Bonchev–Trinajstić information content (AvgIpc) is 2.09. The molecule has 0 atom stereocenters. The van der Waals surface area contributed by atoms with E-state index in [1.165, 1.54) is 0 Å². The lowest BCUT2D eigenvalue weighted by atomic mass is 10.2. The van der Waals surface area contributed by atoms with Gasteiger partial charge < -0.3 is 0 Å². The zero-order chi connectivity index (χ0) is 8.81. The molecule has 0 aliphatic carbocycles. The molecule has 1 aromatic carbocycles. The minimum absolute atomic E-state index is 0.560. The van der Waals surface area contributed by atoms with Gasteiger partial charge in [0.25, 0.3) is 0 Å². The first kappa shape index (κ1) is 9.56. The summed E-state index contributed by atoms with van der Waals surface area (Å²) in [6.07, 6.45) is 1.79. The molecule has 0 aliphatic rings. The van der Waals surface area contributed by atoms with Crippen molar-refractivity contribution in [1.82, 2.24) is 0 Å². The third-order valence-corrected chi connectivity index (χ3v) is 1.74. The highest BCUT2D eigenvalue weighted by atomic mass is 35.5. The normalized spacial score (nSPS) is 10.8. The lowest BCUT2D eigenvalue weighted by molar-refractivity contribution is 1.15. The fraction of sp³-hybridized carbons (Fsp3) is 0.222. The molecule has 0 saturated carbocycles. The summed E-state index contributed by atoms with van der Waals surface area (Å²) < 4.78 is 0. The molecule has 12 heavy (non-hydrogen) atoms. The summed E-state index contributed by atoms with van der Waals surface area (Å²) in [6, 6.07) is 7.51. The van der Waals surface area contributed by atoms with E-state index in [1.54, 1.807) is 6.21 Å². The maximum atomic E-state index is 5.71. The molecule has 1 nitrogen and oxygen atoms in total. The molecule has 0 unspecified atom stereocenters. The van der Waals surface area contributed by atoms with Gasteiger partial charge in [-0.05, 0) is 17.7 Å². The van der Waals surface area contributed by atoms with Crippen molar-refractivity contribution in [2.24, 2.45) is 4.99 Å². The first-order valence-electron chi connectivity index (χ1n) is 3.64. The van der Waals surface area contributed by atoms with E-state index in [9.17, 15) is 0 Å². The molecule has 0 amide bonds. The molecule has 1 aromatic rings. The highest BCUT2D eigenvalue weighted by Gasteiger charge is 1.87. The zero-order valence-electron chi connectivity index (χ0n) is 6.50. The molecule has 0 heterocycles. The summed E-state index contributed by atoms with van der Waals surface area (Å²) in [5.74, 6) is 0.560. The predicted octanol–water partition coefficient (Wildman–Crippen LogP) is 3.00. The van der Waals surface area contributed by atoms with Crippen LogP contribution in [0.15, 0.2) is 29.3 Å². The Bertz CT molecular complexity index is 254. The van der Waals surface area contributed by atoms with Gasteiger partial charge >= 0.3 is 0 Å². The fourth-order valence-electron chi connectivity index (χ4n) is 0.768. The second kappa shape index (κ2) is 5.18. The van der Waals surface area contributed by atoms with Gasteiger partial charge in [-0.2, -0.15) is 0 Å². The highest BCUT2D eigenvalue weighted by Crippen LogP contribution is 2.07. The second-order valence-corrected chi connectivity index (χ2v) is 3.09. The summed E-state index contributed by atoms with van der Waals surface area (Å²) in [6.45, 7) is 0.657. The number of hydrogen-bond acceptors (Lipinski definition) is 1. The zero-order valence-corrected chi connectivity index (χ0v) is 8.02. The van der Waals surface area contributed by atoms with Gasteiger partial charge in [-0.1, -0.05) is 23.7 Å². The molecule has 1 rings (SSSR count). The minimum Gasteiger partial charge on any atom is -0.291 e. The number of rotatable bonds is 3. The van der Waals surface area contributed by atoms with Crippen LogP contribution in [-0.4, -0.2) is 18.6 Å². The third kappa shape index (κ3) is 3.24. The summed E-state index contributed by atoms with van der Waals surface area (Å²) in [5.41, 5.74) is 1.05. The maximum Gasteiger partial charge on any atom is 0.0525 e. The standard InChI is InChI=1S/C9H9Cl2N/c10-5-6-12-7-8-1-3-9(11)4-2-8/h1-4,7H,5-6H2. The Labute approximate surface area is 82.0 Å². The van der Waals surface area contributed by atoms with Crippen molar-refractivity contribution >= 4 is 29.4 Å². The SMILES string of the molecule is ClCCN=Cc1ccc(Cl)cc1. The highest BCUT2D eigenvalue weighted by molar-refractivity contribution is 6.30. The third-order valence-electron chi connectivity index (χ3n) is 1.32. The van der Waals surface area contributed by atoms with Gasteiger partial charge in [-0.25, -0.2) is 0 Å². The number of nitrogens with zero attached hydrogens (tertiary/aromatic N) is 1. The van der Waals surface area contributed by atoms with E-state index in [4.69, 9.17) is 23.2 Å². The number of halogens is 2. The van der Waals surface area contributed by atoms with Gasteiger partial charge in [0, 0.05) is 17.1 Å². The van der Waals surface area contributed by atoms with Gasteiger partial charge in [-0.15, -0.1) is 11.6 Å². The van der Waals surface area contributed by atoms with Crippen LogP contribution in [0.25, 0.3) is 0 Å². The molecular formula is C9H9Cl2N. The minimum atomic E-state index is 0.560. The van der Waals surface area contributed by atoms with Gasteiger partial charge in [0.2, 0.25) is 0 Å². The molecular weight excluding hydrogens is 193 g/mol. The molecule has 0 aliphatic heterocycles. The Balaban J connectivity index is 2.58. The monoisotopic (exact) mass is 201 g/mol.